The molecule has 5 heteroatoms. The summed E-state index contributed by atoms with van der Waals surface area (Å²) >= 11 is 0. The van der Waals surface area contributed by atoms with Crippen molar-refractivity contribution in [2.75, 3.05) is 26.2 Å². The van der Waals surface area contributed by atoms with E-state index >= 15 is 0 Å². The third-order valence-corrected chi connectivity index (χ3v) is 3.78. The summed E-state index contributed by atoms with van der Waals surface area (Å²) in [6, 6.07) is 0.00384. The number of rotatable bonds is 3. The maximum Gasteiger partial charge on any atom is 0.309 e. The van der Waals surface area contributed by atoms with Crippen LogP contribution in [0.2, 0.25) is 0 Å². The molecule has 0 bridgehead atoms. The highest BCUT2D eigenvalue weighted by Crippen LogP contribution is 2.20. The van der Waals surface area contributed by atoms with Gasteiger partial charge in [0.15, 0.2) is 0 Å². The number of hydrogen-bond donors (Lipinski definition) is 1. The minimum Gasteiger partial charge on any atom is -0.466 e. The van der Waals surface area contributed by atoms with Gasteiger partial charge in [-0.15, -0.1) is 0 Å². The summed E-state index contributed by atoms with van der Waals surface area (Å²) in [5.74, 6) is 0.0731. The minimum absolute atomic E-state index is 0.00384. The molecule has 2 aliphatic rings. The maximum absolute atomic E-state index is 12.1. The lowest BCUT2D eigenvalue weighted by Crippen LogP contribution is -2.47. The van der Waals surface area contributed by atoms with Crippen molar-refractivity contribution in [1.82, 2.24) is 10.2 Å². The molecular formula is C13H22N2O3. The SMILES string of the molecule is CCOC(=O)C1CCN(C(=O)C2CCCN2)CC1. The lowest BCUT2D eigenvalue weighted by atomic mass is 9.96. The molecule has 18 heavy (non-hydrogen) atoms. The molecule has 0 spiro atoms. The van der Waals surface area contributed by atoms with Crippen LogP contribution >= 0.6 is 0 Å². The molecular weight excluding hydrogens is 232 g/mol. The number of esters is 1. The fraction of sp³-hybridized carbons (Fsp3) is 0.846. The largest absolute Gasteiger partial charge is 0.466 e. The van der Waals surface area contributed by atoms with Gasteiger partial charge in [0.05, 0.1) is 18.6 Å². The average molecular weight is 254 g/mol. The molecule has 2 aliphatic heterocycles. The zero-order valence-electron chi connectivity index (χ0n) is 11.0. The van der Waals surface area contributed by atoms with Crippen molar-refractivity contribution in [3.63, 3.8) is 0 Å². The Balaban J connectivity index is 1.79. The fourth-order valence-corrected chi connectivity index (χ4v) is 2.71. The van der Waals surface area contributed by atoms with E-state index in [1.165, 1.54) is 0 Å². The summed E-state index contributed by atoms with van der Waals surface area (Å²) in [5, 5.41) is 3.23. The molecule has 1 unspecified atom stereocenters. The van der Waals surface area contributed by atoms with Crippen molar-refractivity contribution in [3.8, 4) is 0 Å². The van der Waals surface area contributed by atoms with Crippen LogP contribution < -0.4 is 5.32 Å². The molecule has 1 atom stereocenters. The van der Waals surface area contributed by atoms with Crippen molar-refractivity contribution in [3.05, 3.63) is 0 Å². The van der Waals surface area contributed by atoms with Crippen LogP contribution in [-0.4, -0.2) is 49.1 Å². The van der Waals surface area contributed by atoms with Crippen LogP contribution in [0.5, 0.6) is 0 Å². The summed E-state index contributed by atoms with van der Waals surface area (Å²) in [4.78, 5) is 25.6. The van der Waals surface area contributed by atoms with E-state index in [4.69, 9.17) is 4.74 Å². The topological polar surface area (TPSA) is 58.6 Å². The van der Waals surface area contributed by atoms with Gasteiger partial charge in [-0.05, 0) is 39.2 Å². The molecule has 1 N–H and O–H groups in total. The van der Waals surface area contributed by atoms with Gasteiger partial charge in [-0.25, -0.2) is 0 Å². The zero-order valence-corrected chi connectivity index (χ0v) is 11.0. The van der Waals surface area contributed by atoms with E-state index in [0.717, 1.165) is 32.2 Å². The van der Waals surface area contributed by atoms with E-state index in [-0.39, 0.29) is 23.8 Å². The highest BCUT2D eigenvalue weighted by Gasteiger charge is 2.32. The van der Waals surface area contributed by atoms with Crippen LogP contribution in [0.1, 0.15) is 32.6 Å². The van der Waals surface area contributed by atoms with Crippen molar-refractivity contribution in [1.29, 1.82) is 0 Å². The van der Waals surface area contributed by atoms with Crippen molar-refractivity contribution < 1.29 is 14.3 Å². The second-order valence-electron chi connectivity index (χ2n) is 5.00. The molecule has 2 rings (SSSR count). The van der Waals surface area contributed by atoms with Gasteiger partial charge < -0.3 is 15.0 Å². The number of nitrogens with one attached hydrogen (secondary N) is 1. The first-order chi connectivity index (χ1) is 8.72. The van der Waals surface area contributed by atoms with Crippen molar-refractivity contribution >= 4 is 11.9 Å². The minimum atomic E-state index is -0.108. The number of carbonyl (C=O) groups excluding carboxylic acids is 2. The lowest BCUT2D eigenvalue weighted by molar-refractivity contribution is -0.151. The van der Waals surface area contributed by atoms with E-state index in [1.807, 2.05) is 11.8 Å². The van der Waals surface area contributed by atoms with Gasteiger partial charge in [-0.1, -0.05) is 0 Å². The van der Waals surface area contributed by atoms with Gasteiger partial charge in [0.1, 0.15) is 0 Å². The summed E-state index contributed by atoms with van der Waals surface area (Å²) in [7, 11) is 0. The van der Waals surface area contributed by atoms with Crippen molar-refractivity contribution in [2.45, 2.75) is 38.6 Å². The number of likely N-dealkylation sites (tertiary alicyclic amines) is 1. The number of ether oxygens (including phenoxy) is 1. The van der Waals surface area contributed by atoms with Crippen LogP contribution in [0.25, 0.3) is 0 Å². The maximum atomic E-state index is 12.1. The highest BCUT2D eigenvalue weighted by atomic mass is 16.5. The summed E-state index contributed by atoms with van der Waals surface area (Å²) in [5.41, 5.74) is 0. The van der Waals surface area contributed by atoms with Gasteiger partial charge in [-0.3, -0.25) is 9.59 Å². The van der Waals surface area contributed by atoms with Crippen LogP contribution in [0, 0.1) is 5.92 Å². The Labute approximate surface area is 108 Å². The average Bonchev–Trinajstić information content (AvgIpc) is 2.92. The first-order valence-electron chi connectivity index (χ1n) is 6.91. The molecule has 0 aromatic carbocycles. The smallest absolute Gasteiger partial charge is 0.309 e. The molecule has 5 nitrogen and oxygen atoms in total. The number of nitrogens with zero attached hydrogens (tertiary/aromatic N) is 1. The molecule has 0 saturated carbocycles. The van der Waals surface area contributed by atoms with E-state index in [0.29, 0.717) is 19.7 Å². The Bertz CT molecular complexity index is 305. The van der Waals surface area contributed by atoms with Crippen LogP contribution in [0.4, 0.5) is 0 Å². The standard InChI is InChI=1S/C13H22N2O3/c1-2-18-13(17)10-5-8-15(9-6-10)12(16)11-4-3-7-14-11/h10-11,14H,2-9H2,1H3. The van der Waals surface area contributed by atoms with Crippen LogP contribution in [-0.2, 0) is 14.3 Å². The number of hydrogen-bond acceptors (Lipinski definition) is 4. The van der Waals surface area contributed by atoms with Crippen LogP contribution in [0.3, 0.4) is 0 Å². The molecule has 2 fully saturated rings. The third kappa shape index (κ3) is 3.02. The van der Waals surface area contributed by atoms with Gasteiger partial charge in [-0.2, -0.15) is 0 Å². The molecule has 0 aliphatic carbocycles. The van der Waals surface area contributed by atoms with E-state index in [2.05, 4.69) is 5.32 Å². The summed E-state index contributed by atoms with van der Waals surface area (Å²) in [6.07, 6.45) is 3.49. The Morgan fingerprint density at radius 2 is 2.00 bits per heavy atom. The van der Waals surface area contributed by atoms with E-state index < -0.39 is 0 Å². The quantitative estimate of drug-likeness (QED) is 0.747. The second-order valence-corrected chi connectivity index (χ2v) is 5.00. The van der Waals surface area contributed by atoms with E-state index in [9.17, 15) is 9.59 Å². The Morgan fingerprint density at radius 3 is 2.56 bits per heavy atom. The number of piperidine rings is 1. The lowest BCUT2D eigenvalue weighted by Gasteiger charge is -2.32. The normalized spacial score (nSPS) is 25.2. The van der Waals surface area contributed by atoms with Crippen molar-refractivity contribution in [2.24, 2.45) is 5.92 Å². The van der Waals surface area contributed by atoms with Gasteiger partial charge in [0.2, 0.25) is 5.91 Å². The summed E-state index contributed by atoms with van der Waals surface area (Å²) in [6.45, 7) is 4.56. The first-order valence-corrected chi connectivity index (χ1v) is 6.91. The fourth-order valence-electron chi connectivity index (χ4n) is 2.71. The van der Waals surface area contributed by atoms with E-state index in [1.54, 1.807) is 0 Å². The summed E-state index contributed by atoms with van der Waals surface area (Å²) < 4.78 is 5.02. The molecule has 1 amide bonds. The predicted octanol–water partition coefficient (Wildman–Crippen LogP) is 0.540. The molecule has 0 aromatic heterocycles. The molecule has 102 valence electrons. The highest BCUT2D eigenvalue weighted by molar-refractivity contribution is 5.82. The molecule has 0 aromatic rings. The molecule has 0 radical (unpaired) electrons. The molecule has 2 saturated heterocycles. The number of carbonyl (C=O) groups is 2. The zero-order chi connectivity index (χ0) is 13.0. The van der Waals surface area contributed by atoms with Crippen LogP contribution in [0.15, 0.2) is 0 Å². The Morgan fingerprint density at radius 1 is 1.28 bits per heavy atom. The molecule has 2 heterocycles. The third-order valence-electron chi connectivity index (χ3n) is 3.78. The van der Waals surface area contributed by atoms with Gasteiger partial charge in [0.25, 0.3) is 0 Å². The predicted molar refractivity (Wildman–Crippen MR) is 67.0 cm³/mol. The second kappa shape index (κ2) is 6.18. The Hall–Kier alpha value is -1.10. The monoisotopic (exact) mass is 254 g/mol. The first kappa shape index (κ1) is 13.3. The van der Waals surface area contributed by atoms with Gasteiger partial charge in [0, 0.05) is 13.1 Å². The number of amides is 1. The van der Waals surface area contributed by atoms with Gasteiger partial charge >= 0.3 is 5.97 Å². The Kier molecular flexibility index (Phi) is 4.58.